The number of piperidine rings is 1. The SMILES string of the molecule is C[Si](C)(C)c1cccc(C2(O)CC3CCC(C2)N3)c1. The van der Waals surface area contributed by atoms with E-state index in [0.717, 1.165) is 18.4 Å². The Hall–Kier alpha value is -0.643. The van der Waals surface area contributed by atoms with Crippen molar-refractivity contribution >= 4 is 13.3 Å². The number of fused-ring (bicyclic) bond motifs is 2. The number of nitrogens with one attached hydrogen (secondary N) is 1. The molecule has 1 aromatic carbocycles. The van der Waals surface area contributed by atoms with Gasteiger partial charge >= 0.3 is 0 Å². The van der Waals surface area contributed by atoms with E-state index in [1.54, 1.807) is 0 Å². The molecule has 2 fully saturated rings. The molecule has 2 nitrogen and oxygen atoms in total. The standard InChI is InChI=1S/C16H25NOSi/c1-19(2,3)15-6-4-5-12(9-15)16(18)10-13-7-8-14(11-16)17-13/h4-6,9,13-14,17-18H,7-8,10-11H2,1-3H3. The molecule has 0 spiro atoms. The lowest BCUT2D eigenvalue weighted by molar-refractivity contribution is -0.0114. The van der Waals surface area contributed by atoms with Gasteiger partial charge < -0.3 is 10.4 Å². The minimum Gasteiger partial charge on any atom is -0.385 e. The summed E-state index contributed by atoms with van der Waals surface area (Å²) in [4.78, 5) is 0. The Balaban J connectivity index is 1.93. The van der Waals surface area contributed by atoms with Crippen molar-refractivity contribution < 1.29 is 5.11 Å². The van der Waals surface area contributed by atoms with E-state index in [9.17, 15) is 5.11 Å². The normalized spacial score (nSPS) is 34.5. The van der Waals surface area contributed by atoms with Gasteiger partial charge in [0.15, 0.2) is 0 Å². The maximum atomic E-state index is 11.1. The van der Waals surface area contributed by atoms with Crippen molar-refractivity contribution in [3.8, 4) is 0 Å². The summed E-state index contributed by atoms with van der Waals surface area (Å²) in [5.74, 6) is 0. The summed E-state index contributed by atoms with van der Waals surface area (Å²) in [6.45, 7) is 7.09. The van der Waals surface area contributed by atoms with Crippen molar-refractivity contribution in [3.63, 3.8) is 0 Å². The molecule has 0 aromatic heterocycles. The van der Waals surface area contributed by atoms with Crippen LogP contribution in [0.3, 0.4) is 0 Å². The predicted octanol–water partition coefficient (Wildman–Crippen LogP) is 2.33. The second-order valence-electron chi connectivity index (χ2n) is 7.41. The number of aliphatic hydroxyl groups is 1. The topological polar surface area (TPSA) is 32.3 Å². The van der Waals surface area contributed by atoms with Gasteiger partial charge in [-0.15, -0.1) is 0 Å². The highest BCUT2D eigenvalue weighted by atomic mass is 28.3. The van der Waals surface area contributed by atoms with Gasteiger partial charge in [0.05, 0.1) is 13.7 Å². The van der Waals surface area contributed by atoms with Gasteiger partial charge in [-0.05, 0) is 31.2 Å². The Bertz CT molecular complexity index is 468. The fourth-order valence-corrected chi connectivity index (χ4v) is 4.82. The van der Waals surface area contributed by atoms with E-state index in [4.69, 9.17) is 0 Å². The van der Waals surface area contributed by atoms with E-state index >= 15 is 0 Å². The minimum absolute atomic E-state index is 0.513. The van der Waals surface area contributed by atoms with Crippen LogP contribution in [-0.2, 0) is 5.60 Å². The maximum absolute atomic E-state index is 11.1. The van der Waals surface area contributed by atoms with E-state index in [1.807, 2.05) is 0 Å². The van der Waals surface area contributed by atoms with Gasteiger partial charge in [-0.2, -0.15) is 0 Å². The first kappa shape index (κ1) is 13.3. The molecule has 104 valence electrons. The smallest absolute Gasteiger partial charge is 0.0926 e. The predicted molar refractivity (Wildman–Crippen MR) is 82.5 cm³/mol. The van der Waals surface area contributed by atoms with Crippen molar-refractivity contribution in [2.24, 2.45) is 0 Å². The summed E-state index contributed by atoms with van der Waals surface area (Å²) >= 11 is 0. The van der Waals surface area contributed by atoms with Crippen LogP contribution in [0.5, 0.6) is 0 Å². The summed E-state index contributed by atoms with van der Waals surface area (Å²) < 4.78 is 0. The Morgan fingerprint density at radius 1 is 1.16 bits per heavy atom. The first-order chi connectivity index (χ1) is 8.87. The molecule has 2 heterocycles. The lowest BCUT2D eigenvalue weighted by Crippen LogP contribution is -2.47. The van der Waals surface area contributed by atoms with Crippen LogP contribution in [0.15, 0.2) is 24.3 Å². The van der Waals surface area contributed by atoms with Crippen LogP contribution in [0.25, 0.3) is 0 Å². The zero-order chi connectivity index (χ0) is 13.7. The quantitative estimate of drug-likeness (QED) is 0.812. The number of benzene rings is 1. The van der Waals surface area contributed by atoms with Gasteiger partial charge in [0.1, 0.15) is 0 Å². The van der Waals surface area contributed by atoms with Crippen LogP contribution >= 0.6 is 0 Å². The lowest BCUT2D eigenvalue weighted by Gasteiger charge is -2.38. The average molecular weight is 275 g/mol. The van der Waals surface area contributed by atoms with Crippen LogP contribution in [0.4, 0.5) is 0 Å². The van der Waals surface area contributed by atoms with Crippen LogP contribution in [0.1, 0.15) is 31.2 Å². The zero-order valence-corrected chi connectivity index (χ0v) is 13.2. The largest absolute Gasteiger partial charge is 0.385 e. The van der Waals surface area contributed by atoms with Crippen molar-refractivity contribution in [1.82, 2.24) is 5.32 Å². The third kappa shape index (κ3) is 2.51. The van der Waals surface area contributed by atoms with Crippen molar-refractivity contribution in [2.45, 2.75) is 63.0 Å². The van der Waals surface area contributed by atoms with E-state index in [-0.39, 0.29) is 0 Å². The molecule has 0 amide bonds. The molecule has 1 aromatic rings. The Kier molecular flexibility index (Phi) is 3.12. The highest BCUT2D eigenvalue weighted by Gasteiger charge is 2.43. The fraction of sp³-hybridized carbons (Fsp3) is 0.625. The molecule has 2 atom stereocenters. The molecule has 3 rings (SSSR count). The van der Waals surface area contributed by atoms with Crippen LogP contribution in [-0.4, -0.2) is 25.3 Å². The monoisotopic (exact) mass is 275 g/mol. The van der Waals surface area contributed by atoms with Crippen molar-refractivity contribution in [1.29, 1.82) is 0 Å². The second-order valence-corrected chi connectivity index (χ2v) is 12.5. The van der Waals surface area contributed by atoms with Gasteiger partial charge in [-0.25, -0.2) is 0 Å². The summed E-state index contributed by atoms with van der Waals surface area (Å²) in [6.07, 6.45) is 4.19. The number of hydrogen-bond donors (Lipinski definition) is 2. The number of hydrogen-bond acceptors (Lipinski definition) is 2. The van der Waals surface area contributed by atoms with E-state index < -0.39 is 13.7 Å². The molecule has 2 N–H and O–H groups in total. The summed E-state index contributed by atoms with van der Waals surface area (Å²) in [6, 6.07) is 9.78. The van der Waals surface area contributed by atoms with Crippen molar-refractivity contribution in [3.05, 3.63) is 29.8 Å². The molecule has 3 heteroatoms. The first-order valence-corrected chi connectivity index (χ1v) is 11.0. The van der Waals surface area contributed by atoms with Crippen molar-refractivity contribution in [2.75, 3.05) is 0 Å². The van der Waals surface area contributed by atoms with E-state index in [2.05, 4.69) is 49.2 Å². The molecule has 0 aliphatic carbocycles. The van der Waals surface area contributed by atoms with Crippen LogP contribution < -0.4 is 10.5 Å². The molecule has 2 saturated heterocycles. The van der Waals surface area contributed by atoms with Gasteiger partial charge in [-0.3, -0.25) is 0 Å². The van der Waals surface area contributed by atoms with Crippen LogP contribution in [0.2, 0.25) is 19.6 Å². The highest BCUT2D eigenvalue weighted by Crippen LogP contribution is 2.40. The molecular formula is C16H25NOSi. The van der Waals surface area contributed by atoms with Gasteiger partial charge in [-0.1, -0.05) is 49.1 Å². The second kappa shape index (κ2) is 4.44. The zero-order valence-electron chi connectivity index (χ0n) is 12.2. The minimum atomic E-state index is -1.31. The summed E-state index contributed by atoms with van der Waals surface area (Å²) in [7, 11) is -1.31. The number of rotatable bonds is 2. The maximum Gasteiger partial charge on any atom is 0.0926 e. The molecule has 2 bridgehead atoms. The summed E-state index contributed by atoms with van der Waals surface area (Å²) in [5, 5.41) is 16.1. The molecule has 19 heavy (non-hydrogen) atoms. The molecule has 2 aliphatic heterocycles. The Labute approximate surface area is 117 Å². The third-order valence-corrected chi connectivity index (χ3v) is 6.81. The van der Waals surface area contributed by atoms with E-state index in [1.165, 1.54) is 18.0 Å². The average Bonchev–Trinajstić information content (AvgIpc) is 2.68. The molecule has 0 saturated carbocycles. The molecule has 2 unspecified atom stereocenters. The van der Waals surface area contributed by atoms with Gasteiger partial charge in [0, 0.05) is 12.1 Å². The fourth-order valence-electron chi connectivity index (χ4n) is 3.63. The first-order valence-electron chi connectivity index (χ1n) is 7.46. The molecule has 2 aliphatic rings. The van der Waals surface area contributed by atoms with Gasteiger partial charge in [0.25, 0.3) is 0 Å². The van der Waals surface area contributed by atoms with Crippen LogP contribution in [0, 0.1) is 0 Å². The molecule has 0 radical (unpaired) electrons. The highest BCUT2D eigenvalue weighted by molar-refractivity contribution is 6.88. The Morgan fingerprint density at radius 3 is 2.37 bits per heavy atom. The Morgan fingerprint density at radius 2 is 1.79 bits per heavy atom. The lowest BCUT2D eigenvalue weighted by atomic mass is 9.81. The molecular weight excluding hydrogens is 250 g/mol. The van der Waals surface area contributed by atoms with E-state index in [0.29, 0.717) is 12.1 Å². The summed E-state index contributed by atoms with van der Waals surface area (Å²) in [5.41, 5.74) is 0.540. The third-order valence-electron chi connectivity index (χ3n) is 4.77. The van der Waals surface area contributed by atoms with Gasteiger partial charge in [0.2, 0.25) is 0 Å².